The molecular formula is C28H29N3O3S. The van der Waals surface area contributed by atoms with E-state index in [2.05, 4.69) is 22.2 Å². The molecule has 7 heteroatoms. The predicted molar refractivity (Wildman–Crippen MR) is 141 cm³/mol. The molecule has 3 heterocycles. The summed E-state index contributed by atoms with van der Waals surface area (Å²) in [6, 6.07) is 15.5. The van der Waals surface area contributed by atoms with Gasteiger partial charge < -0.3 is 14.5 Å². The van der Waals surface area contributed by atoms with E-state index < -0.39 is 0 Å². The number of benzene rings is 2. The second kappa shape index (κ2) is 10.6. The Balaban J connectivity index is 1.38. The first-order valence-corrected chi connectivity index (χ1v) is 13.3. The number of pyridine rings is 1. The lowest BCUT2D eigenvalue weighted by atomic mass is 10.1. The minimum atomic E-state index is -0.146. The van der Waals surface area contributed by atoms with E-state index in [9.17, 15) is 9.59 Å². The van der Waals surface area contributed by atoms with Crippen LogP contribution in [0.5, 0.6) is 0 Å². The number of nitrogens with zero attached hydrogens (tertiary/aromatic N) is 3. The summed E-state index contributed by atoms with van der Waals surface area (Å²) < 4.78 is 5.53. The van der Waals surface area contributed by atoms with Crippen molar-refractivity contribution in [1.29, 1.82) is 0 Å². The SMILES string of the molecule is CSc1ccc2nc(C(=O)C=Cc3ccc(C(=O)N4CCCC4)cc3)cc(N3CCOCC3)c2c1. The second-order valence-electron chi connectivity index (χ2n) is 8.83. The number of morpholine rings is 1. The standard InChI is InChI=1S/C28H29N3O3S/c1-35-22-9-10-24-23(18-22)26(30-14-16-34-17-15-30)19-25(29-24)27(32)11-6-20-4-7-21(8-5-20)28(33)31-12-2-3-13-31/h4-11,18-19H,2-3,12-17H2,1H3. The van der Waals surface area contributed by atoms with Crippen LogP contribution >= 0.6 is 11.8 Å². The van der Waals surface area contributed by atoms with Gasteiger partial charge in [0.05, 0.1) is 18.7 Å². The number of hydrogen-bond donors (Lipinski definition) is 0. The van der Waals surface area contributed by atoms with Crippen LogP contribution in [0.1, 0.15) is 39.3 Å². The van der Waals surface area contributed by atoms with Crippen molar-refractivity contribution in [3.05, 3.63) is 71.4 Å². The lowest BCUT2D eigenvalue weighted by Crippen LogP contribution is -2.36. The molecule has 35 heavy (non-hydrogen) atoms. The summed E-state index contributed by atoms with van der Waals surface area (Å²) in [5.41, 5.74) is 3.82. The van der Waals surface area contributed by atoms with E-state index in [4.69, 9.17) is 4.74 Å². The Morgan fingerprint density at radius 2 is 1.71 bits per heavy atom. The molecule has 0 N–H and O–H groups in total. The molecule has 0 atom stereocenters. The Kier molecular flexibility index (Phi) is 7.16. The van der Waals surface area contributed by atoms with E-state index >= 15 is 0 Å². The van der Waals surface area contributed by atoms with Crippen LogP contribution in [0.4, 0.5) is 5.69 Å². The Labute approximate surface area is 210 Å². The zero-order chi connectivity index (χ0) is 24.2. The number of anilines is 1. The van der Waals surface area contributed by atoms with Crippen LogP contribution in [0.25, 0.3) is 17.0 Å². The van der Waals surface area contributed by atoms with Gasteiger partial charge in [0.1, 0.15) is 5.69 Å². The van der Waals surface area contributed by atoms with E-state index in [1.54, 1.807) is 23.9 Å². The minimum absolute atomic E-state index is 0.0785. The van der Waals surface area contributed by atoms with Crippen molar-refractivity contribution < 1.29 is 14.3 Å². The molecule has 1 aromatic heterocycles. The second-order valence-corrected chi connectivity index (χ2v) is 9.71. The molecule has 2 saturated heterocycles. The Morgan fingerprint density at radius 1 is 0.971 bits per heavy atom. The van der Waals surface area contributed by atoms with Gasteiger partial charge in [0, 0.05) is 47.7 Å². The number of aromatic nitrogens is 1. The molecule has 0 spiro atoms. The first-order chi connectivity index (χ1) is 17.1. The van der Waals surface area contributed by atoms with Crippen LogP contribution in [0.2, 0.25) is 0 Å². The monoisotopic (exact) mass is 487 g/mol. The van der Waals surface area contributed by atoms with Gasteiger partial charge >= 0.3 is 0 Å². The maximum absolute atomic E-state index is 13.1. The van der Waals surface area contributed by atoms with Crippen molar-refractivity contribution in [3.8, 4) is 0 Å². The number of allylic oxidation sites excluding steroid dienone is 1. The lowest BCUT2D eigenvalue weighted by molar-refractivity contribution is 0.0792. The normalized spacial score (nSPS) is 16.4. The summed E-state index contributed by atoms with van der Waals surface area (Å²) in [5, 5.41) is 1.05. The van der Waals surface area contributed by atoms with E-state index in [1.165, 1.54) is 4.90 Å². The zero-order valence-electron chi connectivity index (χ0n) is 19.9. The molecular weight excluding hydrogens is 458 g/mol. The third-order valence-electron chi connectivity index (χ3n) is 6.58. The fraction of sp³-hybridized carbons (Fsp3) is 0.321. The predicted octanol–water partition coefficient (Wildman–Crippen LogP) is 4.93. The molecule has 2 fully saturated rings. The summed E-state index contributed by atoms with van der Waals surface area (Å²) >= 11 is 1.69. The Hall–Kier alpha value is -3.16. The van der Waals surface area contributed by atoms with E-state index in [0.717, 1.165) is 61.2 Å². The van der Waals surface area contributed by atoms with Gasteiger partial charge in [0.25, 0.3) is 5.91 Å². The molecule has 2 aromatic carbocycles. The zero-order valence-corrected chi connectivity index (χ0v) is 20.7. The molecule has 6 nitrogen and oxygen atoms in total. The van der Waals surface area contributed by atoms with Crippen LogP contribution in [-0.4, -0.2) is 67.2 Å². The van der Waals surface area contributed by atoms with E-state index in [1.807, 2.05) is 47.4 Å². The topological polar surface area (TPSA) is 62.7 Å². The highest BCUT2D eigenvalue weighted by atomic mass is 32.2. The third-order valence-corrected chi connectivity index (χ3v) is 7.30. The average Bonchev–Trinajstić information content (AvgIpc) is 3.46. The summed E-state index contributed by atoms with van der Waals surface area (Å²) in [6.07, 6.45) is 7.54. The molecule has 0 saturated carbocycles. The number of amides is 1. The van der Waals surface area contributed by atoms with Crippen molar-refractivity contribution in [2.75, 3.05) is 50.5 Å². The van der Waals surface area contributed by atoms with Crippen LogP contribution in [0.15, 0.2) is 59.5 Å². The number of rotatable bonds is 6. The summed E-state index contributed by atoms with van der Waals surface area (Å²) in [4.78, 5) is 35.7. The molecule has 5 rings (SSSR count). The minimum Gasteiger partial charge on any atom is -0.378 e. The number of ether oxygens (including phenoxy) is 1. The number of thioether (sulfide) groups is 1. The molecule has 2 aliphatic heterocycles. The van der Waals surface area contributed by atoms with Crippen LogP contribution in [0.3, 0.4) is 0 Å². The number of fused-ring (bicyclic) bond motifs is 1. The first kappa shape index (κ1) is 23.6. The molecule has 0 unspecified atom stereocenters. The molecule has 180 valence electrons. The summed E-state index contributed by atoms with van der Waals surface area (Å²) in [6.45, 7) is 4.58. The van der Waals surface area contributed by atoms with E-state index in [-0.39, 0.29) is 11.7 Å². The highest BCUT2D eigenvalue weighted by molar-refractivity contribution is 7.98. The summed E-state index contributed by atoms with van der Waals surface area (Å²) in [5.74, 6) is -0.0673. The van der Waals surface area contributed by atoms with Crippen molar-refractivity contribution in [1.82, 2.24) is 9.88 Å². The molecule has 0 radical (unpaired) electrons. The fourth-order valence-electron chi connectivity index (χ4n) is 4.60. The van der Waals surface area contributed by atoms with Gasteiger partial charge in [-0.25, -0.2) is 4.98 Å². The van der Waals surface area contributed by atoms with Gasteiger partial charge in [-0.15, -0.1) is 11.8 Å². The lowest BCUT2D eigenvalue weighted by Gasteiger charge is -2.30. The number of carbonyl (C=O) groups is 2. The van der Waals surface area contributed by atoms with Gasteiger partial charge in [-0.05, 0) is 67.1 Å². The molecule has 3 aromatic rings. The number of carbonyl (C=O) groups excluding carboxylic acids is 2. The van der Waals surface area contributed by atoms with Crippen molar-refractivity contribution in [2.24, 2.45) is 0 Å². The van der Waals surface area contributed by atoms with Gasteiger partial charge in [-0.2, -0.15) is 0 Å². The van der Waals surface area contributed by atoms with E-state index in [0.29, 0.717) is 24.5 Å². The van der Waals surface area contributed by atoms with Gasteiger partial charge in [0.15, 0.2) is 0 Å². The largest absolute Gasteiger partial charge is 0.378 e. The average molecular weight is 488 g/mol. The molecule has 0 bridgehead atoms. The van der Waals surface area contributed by atoms with Gasteiger partial charge in [-0.3, -0.25) is 9.59 Å². The van der Waals surface area contributed by atoms with Crippen molar-refractivity contribution in [2.45, 2.75) is 17.7 Å². The maximum atomic E-state index is 13.1. The fourth-order valence-corrected chi connectivity index (χ4v) is 5.04. The first-order valence-electron chi connectivity index (χ1n) is 12.1. The maximum Gasteiger partial charge on any atom is 0.253 e. The Bertz CT molecular complexity index is 1260. The molecule has 0 aliphatic carbocycles. The number of ketones is 1. The molecule has 1 amide bonds. The quantitative estimate of drug-likeness (QED) is 0.279. The van der Waals surface area contributed by atoms with Gasteiger partial charge in [-0.1, -0.05) is 18.2 Å². The Morgan fingerprint density at radius 3 is 2.43 bits per heavy atom. The van der Waals surface area contributed by atoms with Crippen molar-refractivity contribution in [3.63, 3.8) is 0 Å². The summed E-state index contributed by atoms with van der Waals surface area (Å²) in [7, 11) is 0. The smallest absolute Gasteiger partial charge is 0.253 e. The number of likely N-dealkylation sites (tertiary alicyclic amines) is 1. The van der Waals surface area contributed by atoms with Crippen LogP contribution in [0, 0.1) is 0 Å². The third kappa shape index (κ3) is 5.26. The molecule has 2 aliphatic rings. The van der Waals surface area contributed by atoms with Crippen molar-refractivity contribution >= 4 is 46.1 Å². The number of hydrogen-bond acceptors (Lipinski definition) is 6. The van der Waals surface area contributed by atoms with Crippen LogP contribution < -0.4 is 4.90 Å². The highest BCUT2D eigenvalue weighted by Crippen LogP contribution is 2.31. The van der Waals surface area contributed by atoms with Crippen LogP contribution in [-0.2, 0) is 4.74 Å². The van der Waals surface area contributed by atoms with Gasteiger partial charge in [0.2, 0.25) is 5.78 Å². The highest BCUT2D eigenvalue weighted by Gasteiger charge is 2.20.